The topological polar surface area (TPSA) is 61.8 Å². The van der Waals surface area contributed by atoms with Crippen molar-refractivity contribution in [3.63, 3.8) is 0 Å². The number of halogens is 3. The molecule has 0 amide bonds. The number of hydrogen-bond donors (Lipinski definition) is 2. The Bertz CT molecular complexity index is 607. The zero-order valence-corrected chi connectivity index (χ0v) is 10.5. The van der Waals surface area contributed by atoms with Crippen LogP contribution in [0.15, 0.2) is 60.5 Å². The number of nitrogens with one attached hydrogen (secondary N) is 1. The van der Waals surface area contributed by atoms with Crippen molar-refractivity contribution in [2.24, 2.45) is 5.73 Å². The SMILES string of the molecule is C=C(N)/C(=C/C(=C)C(F)(F)F)Nc1cccc(C#N)c1. The molecule has 1 aromatic carbocycles. The van der Waals surface area contributed by atoms with E-state index in [-0.39, 0.29) is 11.4 Å². The molecule has 0 radical (unpaired) electrons. The van der Waals surface area contributed by atoms with Gasteiger partial charge in [0.15, 0.2) is 0 Å². The number of benzene rings is 1. The molecule has 0 spiro atoms. The number of allylic oxidation sites excluding steroid dienone is 2. The van der Waals surface area contributed by atoms with E-state index in [0.717, 1.165) is 6.08 Å². The van der Waals surface area contributed by atoms with E-state index in [4.69, 9.17) is 11.0 Å². The quantitative estimate of drug-likeness (QED) is 0.830. The number of anilines is 1. The molecule has 1 rings (SSSR count). The molecule has 6 heteroatoms. The maximum absolute atomic E-state index is 12.4. The van der Waals surface area contributed by atoms with E-state index >= 15 is 0 Å². The number of nitriles is 1. The zero-order chi connectivity index (χ0) is 15.3. The summed E-state index contributed by atoms with van der Waals surface area (Å²) >= 11 is 0. The summed E-state index contributed by atoms with van der Waals surface area (Å²) in [5.41, 5.74) is 5.09. The fourth-order valence-electron chi connectivity index (χ4n) is 1.29. The van der Waals surface area contributed by atoms with Crippen LogP contribution in [-0.4, -0.2) is 6.18 Å². The van der Waals surface area contributed by atoms with Gasteiger partial charge in [-0.25, -0.2) is 0 Å². The van der Waals surface area contributed by atoms with Gasteiger partial charge in [-0.15, -0.1) is 0 Å². The molecule has 0 atom stereocenters. The lowest BCUT2D eigenvalue weighted by Crippen LogP contribution is -2.14. The third kappa shape index (κ3) is 4.21. The van der Waals surface area contributed by atoms with Gasteiger partial charge in [0.2, 0.25) is 0 Å². The average molecular weight is 279 g/mol. The van der Waals surface area contributed by atoms with Crippen molar-refractivity contribution in [1.82, 2.24) is 0 Å². The predicted octanol–water partition coefficient (Wildman–Crippen LogP) is 3.44. The summed E-state index contributed by atoms with van der Waals surface area (Å²) in [5.74, 6) is 0. The Kier molecular flexibility index (Phi) is 4.59. The molecule has 0 saturated carbocycles. The van der Waals surface area contributed by atoms with Crippen molar-refractivity contribution >= 4 is 5.69 Å². The van der Waals surface area contributed by atoms with Gasteiger partial charge < -0.3 is 11.1 Å². The fraction of sp³-hybridized carbons (Fsp3) is 0.0714. The van der Waals surface area contributed by atoms with Gasteiger partial charge in [0, 0.05) is 11.4 Å². The predicted molar refractivity (Wildman–Crippen MR) is 71.4 cm³/mol. The first kappa shape index (κ1) is 15.4. The van der Waals surface area contributed by atoms with Gasteiger partial charge in [0.1, 0.15) is 0 Å². The van der Waals surface area contributed by atoms with E-state index in [1.807, 2.05) is 6.07 Å². The second-order valence-corrected chi connectivity index (χ2v) is 3.92. The van der Waals surface area contributed by atoms with Gasteiger partial charge in [-0.1, -0.05) is 19.2 Å². The van der Waals surface area contributed by atoms with Crippen molar-refractivity contribution in [3.05, 3.63) is 66.0 Å². The van der Waals surface area contributed by atoms with Crippen LogP contribution in [-0.2, 0) is 0 Å². The Morgan fingerprint density at radius 2 is 2.00 bits per heavy atom. The Balaban J connectivity index is 3.05. The zero-order valence-electron chi connectivity index (χ0n) is 10.5. The molecule has 0 aromatic heterocycles. The van der Waals surface area contributed by atoms with E-state index in [1.165, 1.54) is 6.07 Å². The van der Waals surface area contributed by atoms with Gasteiger partial charge in [-0.3, -0.25) is 0 Å². The molecule has 104 valence electrons. The van der Waals surface area contributed by atoms with Crippen LogP contribution in [0.1, 0.15) is 5.56 Å². The van der Waals surface area contributed by atoms with E-state index in [2.05, 4.69) is 18.5 Å². The summed E-state index contributed by atoms with van der Waals surface area (Å²) < 4.78 is 37.3. The van der Waals surface area contributed by atoms with Gasteiger partial charge in [0.25, 0.3) is 0 Å². The molecule has 1 aromatic rings. The Hall–Kier alpha value is -2.68. The molecule has 0 fully saturated rings. The largest absolute Gasteiger partial charge is 0.415 e. The average Bonchev–Trinajstić information content (AvgIpc) is 2.36. The van der Waals surface area contributed by atoms with Crippen molar-refractivity contribution < 1.29 is 13.2 Å². The van der Waals surface area contributed by atoms with E-state index in [9.17, 15) is 13.2 Å². The Morgan fingerprint density at radius 3 is 2.50 bits per heavy atom. The highest BCUT2D eigenvalue weighted by atomic mass is 19.4. The lowest BCUT2D eigenvalue weighted by Gasteiger charge is -2.13. The lowest BCUT2D eigenvalue weighted by atomic mass is 10.2. The maximum atomic E-state index is 12.4. The Morgan fingerprint density at radius 1 is 1.35 bits per heavy atom. The standard InChI is InChI=1S/C14H12F3N3/c1-9(14(15,16)17)6-13(10(2)19)20-12-5-3-4-11(7-12)8-18/h3-7,20H,1-2,19H2/b13-6-. The van der Waals surface area contributed by atoms with Gasteiger partial charge in [-0.2, -0.15) is 18.4 Å². The second-order valence-electron chi connectivity index (χ2n) is 3.92. The van der Waals surface area contributed by atoms with E-state index in [1.54, 1.807) is 18.2 Å². The molecule has 20 heavy (non-hydrogen) atoms. The highest BCUT2D eigenvalue weighted by Crippen LogP contribution is 2.27. The second kappa shape index (κ2) is 5.97. The minimum atomic E-state index is -4.54. The van der Waals surface area contributed by atoms with Crippen LogP contribution >= 0.6 is 0 Å². The molecule has 0 saturated heterocycles. The third-order valence-corrected chi connectivity index (χ3v) is 2.30. The van der Waals surface area contributed by atoms with Gasteiger partial charge in [-0.05, 0) is 24.3 Å². The third-order valence-electron chi connectivity index (χ3n) is 2.30. The normalized spacial score (nSPS) is 11.6. The first-order valence-electron chi connectivity index (χ1n) is 5.44. The number of hydrogen-bond acceptors (Lipinski definition) is 3. The molecular weight excluding hydrogens is 267 g/mol. The van der Waals surface area contributed by atoms with Gasteiger partial charge >= 0.3 is 6.18 Å². The maximum Gasteiger partial charge on any atom is 0.415 e. The highest BCUT2D eigenvalue weighted by molar-refractivity contribution is 5.56. The minimum Gasteiger partial charge on any atom is -0.398 e. The summed E-state index contributed by atoms with van der Waals surface area (Å²) in [4.78, 5) is 0. The van der Waals surface area contributed by atoms with E-state index in [0.29, 0.717) is 11.3 Å². The molecule has 0 aliphatic rings. The molecule has 0 aliphatic carbocycles. The number of rotatable bonds is 4. The first-order chi connectivity index (χ1) is 9.24. The first-order valence-corrected chi connectivity index (χ1v) is 5.44. The van der Waals surface area contributed by atoms with Crippen LogP contribution in [0, 0.1) is 11.3 Å². The molecule has 3 N–H and O–H groups in total. The van der Waals surface area contributed by atoms with Crippen LogP contribution in [0.2, 0.25) is 0 Å². The van der Waals surface area contributed by atoms with Crippen molar-refractivity contribution in [2.75, 3.05) is 5.32 Å². The molecule has 0 heterocycles. The lowest BCUT2D eigenvalue weighted by molar-refractivity contribution is -0.0878. The van der Waals surface area contributed by atoms with Gasteiger partial charge in [0.05, 0.1) is 22.9 Å². The van der Waals surface area contributed by atoms with Crippen molar-refractivity contribution in [1.29, 1.82) is 5.26 Å². The van der Waals surface area contributed by atoms with Crippen LogP contribution in [0.3, 0.4) is 0 Å². The van der Waals surface area contributed by atoms with Crippen molar-refractivity contribution in [2.45, 2.75) is 6.18 Å². The summed E-state index contributed by atoms with van der Waals surface area (Å²) in [6.45, 7) is 6.34. The summed E-state index contributed by atoms with van der Waals surface area (Å²) in [5, 5.41) is 11.4. The molecule has 0 aliphatic heterocycles. The monoisotopic (exact) mass is 279 g/mol. The van der Waals surface area contributed by atoms with Crippen LogP contribution in [0.25, 0.3) is 0 Å². The van der Waals surface area contributed by atoms with Crippen molar-refractivity contribution in [3.8, 4) is 6.07 Å². The number of nitrogens with zero attached hydrogens (tertiary/aromatic N) is 1. The molecule has 3 nitrogen and oxygen atoms in total. The summed E-state index contributed by atoms with van der Waals surface area (Å²) in [6, 6.07) is 8.16. The fourth-order valence-corrected chi connectivity index (χ4v) is 1.29. The smallest absolute Gasteiger partial charge is 0.398 e. The number of nitrogens with two attached hydrogens (primary N) is 1. The number of alkyl halides is 3. The van der Waals surface area contributed by atoms with Crippen LogP contribution in [0.4, 0.5) is 18.9 Å². The summed E-state index contributed by atoms with van der Waals surface area (Å²) in [7, 11) is 0. The minimum absolute atomic E-state index is 0.0255. The van der Waals surface area contributed by atoms with Crippen LogP contribution < -0.4 is 11.1 Å². The molecule has 0 unspecified atom stereocenters. The Labute approximate surface area is 114 Å². The van der Waals surface area contributed by atoms with Crippen LogP contribution in [0.5, 0.6) is 0 Å². The molecular formula is C14H12F3N3. The van der Waals surface area contributed by atoms with E-state index < -0.39 is 11.7 Å². The molecule has 0 bridgehead atoms. The highest BCUT2D eigenvalue weighted by Gasteiger charge is 2.30. The summed E-state index contributed by atoms with van der Waals surface area (Å²) in [6.07, 6.45) is -3.78.